The van der Waals surface area contributed by atoms with E-state index in [0.29, 0.717) is 33.0 Å². The summed E-state index contributed by atoms with van der Waals surface area (Å²) in [5, 5.41) is 0. The maximum atomic E-state index is 5.70. The van der Waals surface area contributed by atoms with Crippen molar-refractivity contribution < 1.29 is 14.2 Å². The maximum Gasteiger partial charge on any atom is 0.0701 e. The first kappa shape index (κ1) is 15.3. The van der Waals surface area contributed by atoms with Gasteiger partial charge in [0.1, 0.15) is 0 Å². The van der Waals surface area contributed by atoms with Gasteiger partial charge in [-0.05, 0) is 18.2 Å². The van der Waals surface area contributed by atoms with Gasteiger partial charge in [0.15, 0.2) is 0 Å². The summed E-state index contributed by atoms with van der Waals surface area (Å²) in [6.07, 6.45) is 0. The quantitative estimate of drug-likeness (QED) is 0.401. The first-order valence-corrected chi connectivity index (χ1v) is 6.94. The number of hydrogen-bond donors (Lipinski definition) is 1. The van der Waals surface area contributed by atoms with Gasteiger partial charge in [0, 0.05) is 23.4 Å². The van der Waals surface area contributed by atoms with Crippen LogP contribution in [0.3, 0.4) is 0 Å². The highest BCUT2D eigenvalue weighted by Crippen LogP contribution is 2.19. The number of hydrogen-bond acceptors (Lipinski definition) is 5. The zero-order valence-corrected chi connectivity index (χ0v) is 11.6. The van der Waals surface area contributed by atoms with Gasteiger partial charge in [0.2, 0.25) is 0 Å². The number of ether oxygens (including phenoxy) is 3. The van der Waals surface area contributed by atoms with Gasteiger partial charge in [0.05, 0.1) is 33.0 Å². The molecule has 0 saturated heterocycles. The van der Waals surface area contributed by atoms with Crippen molar-refractivity contribution in [3.8, 4) is 0 Å². The molecule has 2 N–H and O–H groups in total. The van der Waals surface area contributed by atoms with Crippen molar-refractivity contribution in [2.45, 2.75) is 4.90 Å². The number of benzene rings is 1. The Labute approximate surface area is 113 Å². The van der Waals surface area contributed by atoms with Crippen LogP contribution in [0.25, 0.3) is 0 Å². The van der Waals surface area contributed by atoms with E-state index < -0.39 is 0 Å². The Morgan fingerprint density at radius 3 is 2.50 bits per heavy atom. The molecule has 0 heterocycles. The maximum absolute atomic E-state index is 5.70. The Bertz CT molecular complexity index is 323. The van der Waals surface area contributed by atoms with Gasteiger partial charge in [-0.2, -0.15) is 0 Å². The molecule has 0 aliphatic rings. The molecule has 0 aromatic heterocycles. The van der Waals surface area contributed by atoms with Gasteiger partial charge >= 0.3 is 0 Å². The minimum atomic E-state index is 0.617. The average Bonchev–Trinajstić information content (AvgIpc) is 2.37. The molecule has 1 aromatic carbocycles. The van der Waals surface area contributed by atoms with Gasteiger partial charge in [-0.1, -0.05) is 6.07 Å². The molecule has 0 amide bonds. The number of anilines is 1. The Morgan fingerprint density at radius 2 is 1.78 bits per heavy atom. The highest BCUT2D eigenvalue weighted by Gasteiger charge is 1.95. The molecule has 0 unspecified atom stereocenters. The number of rotatable bonds is 10. The van der Waals surface area contributed by atoms with Gasteiger partial charge in [0.25, 0.3) is 0 Å². The molecule has 18 heavy (non-hydrogen) atoms. The minimum Gasteiger partial charge on any atom is -0.399 e. The van der Waals surface area contributed by atoms with Crippen LogP contribution < -0.4 is 5.73 Å². The lowest BCUT2D eigenvalue weighted by molar-refractivity contribution is 0.0286. The topological polar surface area (TPSA) is 53.7 Å². The zero-order chi connectivity index (χ0) is 13.1. The molecule has 0 aliphatic heterocycles. The lowest BCUT2D eigenvalue weighted by atomic mass is 10.3. The molecular formula is C13H21NO3S. The van der Waals surface area contributed by atoms with Crippen LogP contribution in [0.2, 0.25) is 0 Å². The Kier molecular flexibility index (Phi) is 8.67. The highest BCUT2D eigenvalue weighted by molar-refractivity contribution is 7.99. The van der Waals surface area contributed by atoms with E-state index in [9.17, 15) is 0 Å². The second-order valence-electron chi connectivity index (χ2n) is 3.64. The van der Waals surface area contributed by atoms with Gasteiger partial charge in [-0.3, -0.25) is 0 Å². The minimum absolute atomic E-state index is 0.617. The SMILES string of the molecule is COCCOCCOCCSc1cccc(N)c1. The molecule has 4 nitrogen and oxygen atoms in total. The standard InChI is InChI=1S/C13H21NO3S/c1-15-5-6-16-7-8-17-9-10-18-13-4-2-3-12(14)11-13/h2-4,11H,5-10,14H2,1H3. The van der Waals surface area contributed by atoms with Crippen molar-refractivity contribution >= 4 is 17.4 Å². The van der Waals surface area contributed by atoms with E-state index in [0.717, 1.165) is 11.4 Å². The summed E-state index contributed by atoms with van der Waals surface area (Å²) in [5.74, 6) is 0.918. The highest BCUT2D eigenvalue weighted by atomic mass is 32.2. The summed E-state index contributed by atoms with van der Waals surface area (Å²) in [5.41, 5.74) is 6.50. The zero-order valence-electron chi connectivity index (χ0n) is 10.8. The molecule has 0 fully saturated rings. The molecule has 0 spiro atoms. The van der Waals surface area contributed by atoms with E-state index >= 15 is 0 Å². The second kappa shape index (κ2) is 10.2. The third-order valence-electron chi connectivity index (χ3n) is 2.16. The molecule has 102 valence electrons. The number of nitrogen functional groups attached to an aromatic ring is 1. The number of nitrogens with two attached hydrogens (primary N) is 1. The molecule has 0 bridgehead atoms. The van der Waals surface area contributed by atoms with E-state index in [1.165, 1.54) is 4.90 Å². The van der Waals surface area contributed by atoms with Crippen molar-refractivity contribution in [3.63, 3.8) is 0 Å². The normalized spacial score (nSPS) is 10.7. The Hall–Kier alpha value is -0.750. The lowest BCUT2D eigenvalue weighted by Crippen LogP contribution is -2.09. The van der Waals surface area contributed by atoms with E-state index in [-0.39, 0.29) is 0 Å². The van der Waals surface area contributed by atoms with Crippen LogP contribution in [0.15, 0.2) is 29.2 Å². The van der Waals surface area contributed by atoms with E-state index in [2.05, 4.69) is 6.07 Å². The van der Waals surface area contributed by atoms with Crippen LogP contribution in [0.4, 0.5) is 5.69 Å². The largest absolute Gasteiger partial charge is 0.399 e. The Morgan fingerprint density at radius 1 is 1.06 bits per heavy atom. The smallest absolute Gasteiger partial charge is 0.0701 e. The van der Waals surface area contributed by atoms with E-state index in [4.69, 9.17) is 19.9 Å². The van der Waals surface area contributed by atoms with Crippen molar-refractivity contribution in [2.24, 2.45) is 0 Å². The second-order valence-corrected chi connectivity index (χ2v) is 4.81. The van der Waals surface area contributed by atoms with Gasteiger partial charge in [-0.15, -0.1) is 11.8 Å². The fraction of sp³-hybridized carbons (Fsp3) is 0.538. The predicted octanol–water partition coefficient (Wildman–Crippen LogP) is 2.04. The van der Waals surface area contributed by atoms with Crippen LogP contribution in [0, 0.1) is 0 Å². The van der Waals surface area contributed by atoms with Crippen molar-refractivity contribution in [2.75, 3.05) is 51.6 Å². The summed E-state index contributed by atoms with van der Waals surface area (Å²) >= 11 is 1.74. The van der Waals surface area contributed by atoms with Gasteiger partial charge < -0.3 is 19.9 Å². The molecule has 0 radical (unpaired) electrons. The number of methoxy groups -OCH3 is 1. The van der Waals surface area contributed by atoms with Crippen LogP contribution in [0.1, 0.15) is 0 Å². The predicted molar refractivity (Wildman–Crippen MR) is 75.1 cm³/mol. The van der Waals surface area contributed by atoms with E-state index in [1.54, 1.807) is 18.9 Å². The summed E-state index contributed by atoms with van der Waals surface area (Å²) in [4.78, 5) is 1.18. The summed E-state index contributed by atoms with van der Waals surface area (Å²) in [6, 6.07) is 7.87. The monoisotopic (exact) mass is 271 g/mol. The van der Waals surface area contributed by atoms with Crippen molar-refractivity contribution in [1.82, 2.24) is 0 Å². The molecule has 1 aromatic rings. The summed E-state index contributed by atoms with van der Waals surface area (Å²) in [7, 11) is 1.66. The third-order valence-corrected chi connectivity index (χ3v) is 3.12. The van der Waals surface area contributed by atoms with Crippen LogP contribution in [-0.2, 0) is 14.2 Å². The van der Waals surface area contributed by atoms with Crippen LogP contribution in [-0.4, -0.2) is 45.9 Å². The first-order valence-electron chi connectivity index (χ1n) is 5.95. The molecule has 0 atom stereocenters. The van der Waals surface area contributed by atoms with Crippen molar-refractivity contribution in [3.05, 3.63) is 24.3 Å². The summed E-state index contributed by atoms with van der Waals surface area (Å²) in [6.45, 7) is 3.21. The number of thioether (sulfide) groups is 1. The summed E-state index contributed by atoms with van der Waals surface area (Å²) < 4.78 is 15.6. The molecular weight excluding hydrogens is 250 g/mol. The fourth-order valence-electron chi connectivity index (χ4n) is 1.29. The first-order chi connectivity index (χ1) is 8.83. The average molecular weight is 271 g/mol. The van der Waals surface area contributed by atoms with E-state index in [1.807, 2.05) is 18.2 Å². The van der Waals surface area contributed by atoms with Crippen molar-refractivity contribution in [1.29, 1.82) is 0 Å². The molecule has 0 aliphatic carbocycles. The molecule has 1 rings (SSSR count). The van der Waals surface area contributed by atoms with Crippen LogP contribution in [0.5, 0.6) is 0 Å². The molecule has 0 saturated carbocycles. The third kappa shape index (κ3) is 7.55. The fourth-order valence-corrected chi connectivity index (χ4v) is 2.12. The lowest BCUT2D eigenvalue weighted by Gasteiger charge is -2.05. The molecule has 5 heteroatoms. The van der Waals surface area contributed by atoms with Crippen LogP contribution >= 0.6 is 11.8 Å². The Balaban J connectivity index is 1.92. The van der Waals surface area contributed by atoms with Gasteiger partial charge in [-0.25, -0.2) is 0 Å².